The summed E-state index contributed by atoms with van der Waals surface area (Å²) in [5, 5.41) is 22.0. The number of aliphatic hydroxyl groups is 1. The summed E-state index contributed by atoms with van der Waals surface area (Å²) < 4.78 is 4.99. The van der Waals surface area contributed by atoms with Gasteiger partial charge in [-0.2, -0.15) is 0 Å². The van der Waals surface area contributed by atoms with Gasteiger partial charge in [-0.25, -0.2) is 4.79 Å². The van der Waals surface area contributed by atoms with Crippen molar-refractivity contribution in [1.82, 2.24) is 0 Å². The molecule has 1 fully saturated rings. The average Bonchev–Trinajstić information content (AvgIpc) is 3.14. The summed E-state index contributed by atoms with van der Waals surface area (Å²) in [6, 6.07) is 18.8. The number of ketones is 1. The summed E-state index contributed by atoms with van der Waals surface area (Å²) >= 11 is 0. The first-order chi connectivity index (χ1) is 16.8. The molecule has 1 saturated heterocycles. The number of hydrogen-bond donors (Lipinski definition) is 1. The highest BCUT2D eigenvalue weighted by Crippen LogP contribution is 2.42. The van der Waals surface area contributed by atoms with Crippen LogP contribution in [0.25, 0.3) is 5.76 Å². The minimum Gasteiger partial charge on any atom is -0.507 e. The summed E-state index contributed by atoms with van der Waals surface area (Å²) in [6.45, 7) is 1.91. The molecular weight excluding hydrogens is 452 g/mol. The summed E-state index contributed by atoms with van der Waals surface area (Å²) in [5.41, 5.74) is 1.04. The molecule has 1 unspecified atom stereocenters. The van der Waals surface area contributed by atoms with Crippen molar-refractivity contribution in [3.8, 4) is 0 Å². The maximum absolute atomic E-state index is 13.2. The van der Waals surface area contributed by atoms with Crippen LogP contribution in [0.1, 0.15) is 34.5 Å². The predicted molar refractivity (Wildman–Crippen MR) is 127 cm³/mol. The lowest BCUT2D eigenvalue weighted by atomic mass is 9.95. The van der Waals surface area contributed by atoms with E-state index in [1.807, 2.05) is 0 Å². The number of nitrogens with zero attached hydrogens (tertiary/aromatic N) is 2. The van der Waals surface area contributed by atoms with Gasteiger partial charge < -0.3 is 9.84 Å². The molecule has 1 aliphatic rings. The fourth-order valence-electron chi connectivity index (χ4n) is 3.92. The van der Waals surface area contributed by atoms with Crippen LogP contribution in [0.3, 0.4) is 0 Å². The molecular formula is C26H20N2O7. The van der Waals surface area contributed by atoms with Crippen LogP contribution in [0, 0.1) is 10.1 Å². The van der Waals surface area contributed by atoms with E-state index in [2.05, 4.69) is 0 Å². The Morgan fingerprint density at radius 3 is 2.14 bits per heavy atom. The zero-order valence-corrected chi connectivity index (χ0v) is 18.6. The van der Waals surface area contributed by atoms with E-state index < -0.39 is 34.4 Å². The summed E-state index contributed by atoms with van der Waals surface area (Å²) in [7, 11) is 0. The van der Waals surface area contributed by atoms with Crippen LogP contribution < -0.4 is 4.90 Å². The second kappa shape index (κ2) is 9.60. The van der Waals surface area contributed by atoms with Gasteiger partial charge in [-0.15, -0.1) is 0 Å². The van der Waals surface area contributed by atoms with Crippen LogP contribution in [-0.2, 0) is 14.3 Å². The van der Waals surface area contributed by atoms with Gasteiger partial charge in [0, 0.05) is 23.4 Å². The van der Waals surface area contributed by atoms with Crippen LogP contribution in [0.5, 0.6) is 0 Å². The number of aliphatic hydroxyl groups excluding tert-OH is 1. The normalized spacial score (nSPS) is 16.8. The van der Waals surface area contributed by atoms with E-state index in [4.69, 9.17) is 4.74 Å². The Morgan fingerprint density at radius 1 is 0.971 bits per heavy atom. The summed E-state index contributed by atoms with van der Waals surface area (Å²) in [5.74, 6) is -2.72. The maximum Gasteiger partial charge on any atom is 0.338 e. The van der Waals surface area contributed by atoms with Gasteiger partial charge in [-0.3, -0.25) is 24.6 Å². The average molecular weight is 472 g/mol. The molecule has 9 heteroatoms. The topological polar surface area (TPSA) is 127 Å². The second-order valence-electron chi connectivity index (χ2n) is 7.65. The summed E-state index contributed by atoms with van der Waals surface area (Å²) in [4.78, 5) is 49.9. The summed E-state index contributed by atoms with van der Waals surface area (Å²) in [6.07, 6.45) is 0. The van der Waals surface area contributed by atoms with Crippen LogP contribution in [0.2, 0.25) is 0 Å². The van der Waals surface area contributed by atoms with Gasteiger partial charge >= 0.3 is 5.97 Å². The fraction of sp³-hybridized carbons (Fsp3) is 0.115. The highest BCUT2D eigenvalue weighted by atomic mass is 16.6. The molecule has 35 heavy (non-hydrogen) atoms. The minimum absolute atomic E-state index is 0.149. The van der Waals surface area contributed by atoms with Crippen molar-refractivity contribution >= 4 is 34.8 Å². The number of esters is 1. The molecule has 9 nitrogen and oxygen atoms in total. The zero-order chi connectivity index (χ0) is 25.1. The molecule has 0 aromatic heterocycles. The van der Waals surface area contributed by atoms with Crippen LogP contribution >= 0.6 is 0 Å². The van der Waals surface area contributed by atoms with Crippen molar-refractivity contribution in [2.24, 2.45) is 0 Å². The third-order valence-corrected chi connectivity index (χ3v) is 5.57. The van der Waals surface area contributed by atoms with E-state index in [-0.39, 0.29) is 29.0 Å². The molecule has 1 aliphatic heterocycles. The molecule has 0 bridgehead atoms. The standard InChI is InChI=1S/C26H20N2O7/c1-2-35-26(32)18-10-12-19(13-11-18)27-22(16-6-4-3-5-7-16)21(24(30)25(27)31)23(29)17-8-14-20(15-9-17)28(33)34/h3-15,22,29H,2H2,1H3/b23-21+. The number of benzene rings is 3. The molecule has 0 aliphatic carbocycles. The quantitative estimate of drug-likeness (QED) is 0.141. The monoisotopic (exact) mass is 472 g/mol. The number of ether oxygens (including phenoxy) is 1. The fourth-order valence-corrected chi connectivity index (χ4v) is 3.92. The van der Waals surface area contributed by atoms with E-state index in [9.17, 15) is 29.6 Å². The highest BCUT2D eigenvalue weighted by Gasteiger charge is 2.46. The number of carbonyl (C=O) groups is 3. The second-order valence-corrected chi connectivity index (χ2v) is 7.65. The Bertz CT molecular complexity index is 1330. The van der Waals surface area contributed by atoms with Gasteiger partial charge in [0.15, 0.2) is 0 Å². The van der Waals surface area contributed by atoms with Gasteiger partial charge in [0.1, 0.15) is 5.76 Å². The van der Waals surface area contributed by atoms with Gasteiger partial charge in [0.05, 0.1) is 28.7 Å². The molecule has 3 aromatic rings. The Morgan fingerprint density at radius 2 is 1.57 bits per heavy atom. The largest absolute Gasteiger partial charge is 0.507 e. The van der Waals surface area contributed by atoms with Crippen molar-refractivity contribution in [2.75, 3.05) is 11.5 Å². The van der Waals surface area contributed by atoms with Crippen LogP contribution in [0.15, 0.2) is 84.4 Å². The first-order valence-corrected chi connectivity index (χ1v) is 10.7. The molecule has 1 N–H and O–H groups in total. The molecule has 0 spiro atoms. The van der Waals surface area contributed by atoms with Crippen molar-refractivity contribution in [3.63, 3.8) is 0 Å². The number of non-ortho nitro benzene ring substituents is 1. The Labute approximate surface area is 200 Å². The lowest BCUT2D eigenvalue weighted by Crippen LogP contribution is -2.29. The molecule has 1 atom stereocenters. The third kappa shape index (κ3) is 4.39. The molecule has 176 valence electrons. The number of carbonyl (C=O) groups excluding carboxylic acids is 3. The van der Waals surface area contributed by atoms with Gasteiger partial charge in [-0.1, -0.05) is 30.3 Å². The van der Waals surface area contributed by atoms with Crippen LogP contribution in [0.4, 0.5) is 11.4 Å². The minimum atomic E-state index is -0.958. The Kier molecular flexibility index (Phi) is 6.41. The highest BCUT2D eigenvalue weighted by molar-refractivity contribution is 6.51. The number of hydrogen-bond acceptors (Lipinski definition) is 7. The van der Waals surface area contributed by atoms with Gasteiger partial charge in [0.25, 0.3) is 17.4 Å². The number of anilines is 1. The molecule has 3 aromatic carbocycles. The van der Waals surface area contributed by atoms with Crippen LogP contribution in [-0.4, -0.2) is 34.3 Å². The molecule has 4 rings (SSSR count). The number of nitro benzene ring substituents is 1. The first-order valence-electron chi connectivity index (χ1n) is 10.7. The molecule has 1 heterocycles. The Hall–Kier alpha value is -4.79. The number of rotatable bonds is 6. The van der Waals surface area contributed by atoms with E-state index in [0.717, 1.165) is 0 Å². The van der Waals surface area contributed by atoms with Gasteiger partial charge in [-0.05, 0) is 48.9 Å². The lowest BCUT2D eigenvalue weighted by Gasteiger charge is -2.25. The van der Waals surface area contributed by atoms with Crippen molar-refractivity contribution in [1.29, 1.82) is 0 Å². The number of nitro groups is 1. The number of amides is 1. The maximum atomic E-state index is 13.2. The van der Waals surface area contributed by atoms with E-state index in [0.29, 0.717) is 11.3 Å². The number of Topliss-reactive ketones (excluding diaryl/α,β-unsaturated/α-hetero) is 1. The van der Waals surface area contributed by atoms with Gasteiger partial charge in [0.2, 0.25) is 0 Å². The first kappa shape index (κ1) is 23.4. The SMILES string of the molecule is CCOC(=O)c1ccc(N2C(=O)C(=O)/C(=C(/O)c3ccc([N+](=O)[O-])cc3)C2c2ccccc2)cc1. The Balaban J connectivity index is 1.83. The predicted octanol–water partition coefficient (Wildman–Crippen LogP) is 4.40. The van der Waals surface area contributed by atoms with E-state index >= 15 is 0 Å². The van der Waals surface area contributed by atoms with E-state index in [1.165, 1.54) is 53.4 Å². The van der Waals surface area contributed by atoms with Crippen molar-refractivity contribution in [2.45, 2.75) is 13.0 Å². The smallest absolute Gasteiger partial charge is 0.338 e. The molecule has 1 amide bonds. The van der Waals surface area contributed by atoms with Crippen molar-refractivity contribution in [3.05, 3.63) is 111 Å². The van der Waals surface area contributed by atoms with Crippen molar-refractivity contribution < 1.29 is 29.2 Å². The zero-order valence-electron chi connectivity index (χ0n) is 18.6. The molecule has 0 radical (unpaired) electrons. The lowest BCUT2D eigenvalue weighted by molar-refractivity contribution is -0.384. The van der Waals surface area contributed by atoms with E-state index in [1.54, 1.807) is 37.3 Å². The molecule has 0 saturated carbocycles. The third-order valence-electron chi connectivity index (χ3n) is 5.57.